The minimum atomic E-state index is -0.281. The summed E-state index contributed by atoms with van der Waals surface area (Å²) in [4.78, 5) is 13.1. The van der Waals surface area contributed by atoms with E-state index in [4.69, 9.17) is 5.21 Å². The normalized spacial score (nSPS) is 18.5. The molecule has 76 valence electrons. The average Bonchev–Trinajstić information content (AvgIpc) is 2.19. The molecule has 0 radical (unpaired) electrons. The molecule has 1 rings (SSSR count). The third-order valence-electron chi connectivity index (χ3n) is 2.45. The first-order valence-corrected chi connectivity index (χ1v) is 4.98. The molecule has 0 aromatic heterocycles. The SMILES string of the molecule is O=C(CCCN1CCCCC1)NO. The number of hydrogen-bond donors (Lipinski definition) is 2. The summed E-state index contributed by atoms with van der Waals surface area (Å²) < 4.78 is 0. The maximum Gasteiger partial charge on any atom is 0.243 e. The first kappa shape index (κ1) is 10.5. The predicted molar refractivity (Wildman–Crippen MR) is 49.5 cm³/mol. The van der Waals surface area contributed by atoms with Crippen LogP contribution in [0.15, 0.2) is 0 Å². The van der Waals surface area contributed by atoms with Crippen molar-refractivity contribution in [1.29, 1.82) is 0 Å². The molecule has 0 bridgehead atoms. The van der Waals surface area contributed by atoms with Gasteiger partial charge in [-0.05, 0) is 38.9 Å². The van der Waals surface area contributed by atoms with Crippen LogP contribution in [-0.4, -0.2) is 35.6 Å². The van der Waals surface area contributed by atoms with Crippen LogP contribution in [0.4, 0.5) is 0 Å². The van der Waals surface area contributed by atoms with E-state index in [1.807, 2.05) is 0 Å². The number of piperidine rings is 1. The minimum absolute atomic E-state index is 0.281. The quantitative estimate of drug-likeness (QED) is 0.503. The van der Waals surface area contributed by atoms with Crippen LogP contribution < -0.4 is 5.48 Å². The fourth-order valence-corrected chi connectivity index (χ4v) is 1.70. The Morgan fingerprint density at radius 1 is 1.31 bits per heavy atom. The van der Waals surface area contributed by atoms with Gasteiger partial charge < -0.3 is 4.90 Å². The van der Waals surface area contributed by atoms with Gasteiger partial charge in [-0.15, -0.1) is 0 Å². The van der Waals surface area contributed by atoms with E-state index in [1.165, 1.54) is 32.4 Å². The van der Waals surface area contributed by atoms with Crippen LogP contribution in [0, 0.1) is 0 Å². The van der Waals surface area contributed by atoms with Gasteiger partial charge in [-0.1, -0.05) is 6.42 Å². The zero-order valence-corrected chi connectivity index (χ0v) is 7.96. The summed E-state index contributed by atoms with van der Waals surface area (Å²) in [7, 11) is 0. The monoisotopic (exact) mass is 186 g/mol. The van der Waals surface area contributed by atoms with Crippen molar-refractivity contribution in [3.05, 3.63) is 0 Å². The summed E-state index contributed by atoms with van der Waals surface area (Å²) in [5, 5.41) is 8.26. The molecule has 0 aromatic carbocycles. The van der Waals surface area contributed by atoms with Gasteiger partial charge in [0.1, 0.15) is 0 Å². The molecule has 2 N–H and O–H groups in total. The van der Waals surface area contributed by atoms with Crippen LogP contribution in [-0.2, 0) is 4.79 Å². The molecule has 0 unspecified atom stereocenters. The molecular formula is C9H18N2O2. The molecule has 4 heteroatoms. The highest BCUT2D eigenvalue weighted by Crippen LogP contribution is 2.09. The number of nitrogens with zero attached hydrogens (tertiary/aromatic N) is 1. The Hall–Kier alpha value is -0.610. The number of hydrogen-bond acceptors (Lipinski definition) is 3. The molecule has 0 aromatic rings. The van der Waals surface area contributed by atoms with Crippen molar-refractivity contribution in [2.75, 3.05) is 19.6 Å². The van der Waals surface area contributed by atoms with E-state index < -0.39 is 0 Å². The fourth-order valence-electron chi connectivity index (χ4n) is 1.70. The first-order valence-electron chi connectivity index (χ1n) is 4.98. The van der Waals surface area contributed by atoms with E-state index in [9.17, 15) is 4.79 Å². The molecule has 1 heterocycles. The Kier molecular flexibility index (Phi) is 4.78. The summed E-state index contributed by atoms with van der Waals surface area (Å²) in [6.07, 6.45) is 5.17. The van der Waals surface area contributed by atoms with Gasteiger partial charge in [0.15, 0.2) is 0 Å². The highest BCUT2D eigenvalue weighted by atomic mass is 16.5. The van der Waals surface area contributed by atoms with Crippen molar-refractivity contribution >= 4 is 5.91 Å². The molecule has 1 saturated heterocycles. The third-order valence-corrected chi connectivity index (χ3v) is 2.45. The summed E-state index contributed by atoms with van der Waals surface area (Å²) in [5.41, 5.74) is 1.65. The van der Waals surface area contributed by atoms with Crippen molar-refractivity contribution in [2.24, 2.45) is 0 Å². The molecule has 0 spiro atoms. The second kappa shape index (κ2) is 5.94. The van der Waals surface area contributed by atoms with Crippen LogP contribution in [0.2, 0.25) is 0 Å². The zero-order chi connectivity index (χ0) is 9.52. The van der Waals surface area contributed by atoms with Gasteiger partial charge in [0.25, 0.3) is 0 Å². The number of nitrogens with one attached hydrogen (secondary N) is 1. The van der Waals surface area contributed by atoms with Gasteiger partial charge >= 0.3 is 0 Å². The Bertz CT molecular complexity index is 156. The van der Waals surface area contributed by atoms with Gasteiger partial charge in [0, 0.05) is 6.42 Å². The van der Waals surface area contributed by atoms with E-state index >= 15 is 0 Å². The van der Waals surface area contributed by atoms with Gasteiger partial charge in [0.05, 0.1) is 0 Å². The highest BCUT2D eigenvalue weighted by Gasteiger charge is 2.09. The van der Waals surface area contributed by atoms with Gasteiger partial charge in [0.2, 0.25) is 5.91 Å². The van der Waals surface area contributed by atoms with Crippen LogP contribution in [0.1, 0.15) is 32.1 Å². The minimum Gasteiger partial charge on any atom is -0.303 e. The molecule has 13 heavy (non-hydrogen) atoms. The molecule has 1 fully saturated rings. The van der Waals surface area contributed by atoms with E-state index in [0.717, 1.165) is 13.0 Å². The van der Waals surface area contributed by atoms with Crippen molar-refractivity contribution in [3.63, 3.8) is 0 Å². The lowest BCUT2D eigenvalue weighted by atomic mass is 10.1. The van der Waals surface area contributed by atoms with Crippen LogP contribution >= 0.6 is 0 Å². The zero-order valence-electron chi connectivity index (χ0n) is 7.96. The number of likely N-dealkylation sites (tertiary alicyclic amines) is 1. The molecule has 0 atom stereocenters. The van der Waals surface area contributed by atoms with E-state index in [2.05, 4.69) is 4.90 Å². The second-order valence-electron chi connectivity index (χ2n) is 3.54. The topological polar surface area (TPSA) is 52.6 Å². The number of rotatable bonds is 4. The van der Waals surface area contributed by atoms with Gasteiger partial charge in [-0.3, -0.25) is 10.0 Å². The fraction of sp³-hybridized carbons (Fsp3) is 0.889. The number of carbonyl (C=O) groups excluding carboxylic acids is 1. The van der Waals surface area contributed by atoms with E-state index in [-0.39, 0.29) is 5.91 Å². The molecule has 1 aliphatic rings. The number of carbonyl (C=O) groups is 1. The number of hydroxylamine groups is 1. The smallest absolute Gasteiger partial charge is 0.243 e. The van der Waals surface area contributed by atoms with Crippen LogP contribution in [0.5, 0.6) is 0 Å². The second-order valence-corrected chi connectivity index (χ2v) is 3.54. The van der Waals surface area contributed by atoms with Crippen LogP contribution in [0.3, 0.4) is 0 Å². The third kappa shape index (κ3) is 4.24. The molecular weight excluding hydrogens is 168 g/mol. The standard InChI is InChI=1S/C9H18N2O2/c12-9(10-13)5-4-8-11-6-2-1-3-7-11/h13H,1-8H2,(H,10,12). The lowest BCUT2D eigenvalue weighted by molar-refractivity contribution is -0.129. The van der Waals surface area contributed by atoms with Crippen molar-refractivity contribution in [1.82, 2.24) is 10.4 Å². The Morgan fingerprint density at radius 2 is 2.00 bits per heavy atom. The average molecular weight is 186 g/mol. The maximum absolute atomic E-state index is 10.7. The van der Waals surface area contributed by atoms with Crippen molar-refractivity contribution in [2.45, 2.75) is 32.1 Å². The van der Waals surface area contributed by atoms with Crippen molar-refractivity contribution in [3.8, 4) is 0 Å². The molecule has 1 amide bonds. The first-order chi connectivity index (χ1) is 6.33. The van der Waals surface area contributed by atoms with Gasteiger partial charge in [-0.25, -0.2) is 5.48 Å². The summed E-state index contributed by atoms with van der Waals surface area (Å²) >= 11 is 0. The molecule has 0 aliphatic carbocycles. The Morgan fingerprint density at radius 3 is 2.62 bits per heavy atom. The molecule has 0 saturated carbocycles. The van der Waals surface area contributed by atoms with Crippen molar-refractivity contribution < 1.29 is 10.0 Å². The lowest BCUT2D eigenvalue weighted by Gasteiger charge is -2.25. The summed E-state index contributed by atoms with van der Waals surface area (Å²) in [5.74, 6) is -0.281. The molecule has 4 nitrogen and oxygen atoms in total. The summed E-state index contributed by atoms with van der Waals surface area (Å²) in [6, 6.07) is 0. The Balaban J connectivity index is 2.01. The lowest BCUT2D eigenvalue weighted by Crippen LogP contribution is -2.31. The largest absolute Gasteiger partial charge is 0.303 e. The molecule has 1 aliphatic heterocycles. The van der Waals surface area contributed by atoms with Gasteiger partial charge in [-0.2, -0.15) is 0 Å². The Labute approximate surface area is 78.9 Å². The number of amides is 1. The highest BCUT2D eigenvalue weighted by molar-refractivity contribution is 5.74. The van der Waals surface area contributed by atoms with E-state index in [0.29, 0.717) is 6.42 Å². The predicted octanol–water partition coefficient (Wildman–Crippen LogP) is 0.758. The summed E-state index contributed by atoms with van der Waals surface area (Å²) in [6.45, 7) is 3.31. The van der Waals surface area contributed by atoms with E-state index in [1.54, 1.807) is 5.48 Å². The maximum atomic E-state index is 10.7. The van der Waals surface area contributed by atoms with Crippen LogP contribution in [0.25, 0.3) is 0 Å².